The average Bonchev–Trinajstić information content (AvgIpc) is 2.84. The molecule has 1 aromatic carbocycles. The Balaban J connectivity index is 2.32. The lowest BCUT2D eigenvalue weighted by Gasteiger charge is -2.09. The van der Waals surface area contributed by atoms with Crippen molar-refractivity contribution in [1.82, 2.24) is 9.71 Å². The summed E-state index contributed by atoms with van der Waals surface area (Å²) in [4.78, 5) is 17.4. The predicted octanol–water partition coefficient (Wildman–Crippen LogP) is 2.31. The molecule has 1 aromatic heterocycles. The van der Waals surface area contributed by atoms with Gasteiger partial charge < -0.3 is 0 Å². The summed E-state index contributed by atoms with van der Waals surface area (Å²) < 4.78 is 26.5. The molecular weight excluding hydrogens is 322 g/mol. The molecule has 0 aliphatic rings. The van der Waals surface area contributed by atoms with Crippen molar-refractivity contribution in [2.75, 3.05) is 11.9 Å². The number of benzene rings is 1. The molecule has 1 amide bonds. The average molecular weight is 339 g/mol. The van der Waals surface area contributed by atoms with Crippen LogP contribution >= 0.6 is 11.3 Å². The maximum atomic E-state index is 12.3. The van der Waals surface area contributed by atoms with Crippen LogP contribution in [0, 0.1) is 13.8 Å². The second-order valence-corrected chi connectivity index (χ2v) is 7.71. The van der Waals surface area contributed by atoms with Gasteiger partial charge in [-0.1, -0.05) is 13.0 Å². The molecule has 2 N–H and O–H groups in total. The zero-order valence-corrected chi connectivity index (χ0v) is 14.1. The van der Waals surface area contributed by atoms with E-state index >= 15 is 0 Å². The molecule has 0 unspecified atom stereocenters. The van der Waals surface area contributed by atoms with Crippen LogP contribution in [0.2, 0.25) is 0 Å². The minimum absolute atomic E-state index is 0.0698. The summed E-state index contributed by atoms with van der Waals surface area (Å²) >= 11 is 1.36. The molecule has 6 nitrogen and oxygen atoms in total. The monoisotopic (exact) mass is 339 g/mol. The van der Waals surface area contributed by atoms with E-state index in [2.05, 4.69) is 15.0 Å². The SMILES string of the molecule is CCNS(=O)(=O)c1ccc(C)c(C(=O)Nc2ncc(C)s2)c1. The predicted molar refractivity (Wildman–Crippen MR) is 86.8 cm³/mol. The number of thiazole rings is 1. The lowest BCUT2D eigenvalue weighted by molar-refractivity contribution is 0.102. The summed E-state index contributed by atoms with van der Waals surface area (Å²) in [5.74, 6) is -0.375. The third-order valence-electron chi connectivity index (χ3n) is 2.94. The molecule has 0 spiro atoms. The number of rotatable bonds is 5. The van der Waals surface area contributed by atoms with E-state index < -0.39 is 10.0 Å². The van der Waals surface area contributed by atoms with Gasteiger partial charge in [-0.05, 0) is 31.5 Å². The first-order chi connectivity index (χ1) is 10.3. The van der Waals surface area contributed by atoms with E-state index in [9.17, 15) is 13.2 Å². The van der Waals surface area contributed by atoms with Crippen LogP contribution in [0.4, 0.5) is 5.13 Å². The van der Waals surface area contributed by atoms with E-state index in [0.717, 1.165) is 4.88 Å². The number of nitrogens with one attached hydrogen (secondary N) is 2. The number of sulfonamides is 1. The van der Waals surface area contributed by atoms with Crippen molar-refractivity contribution in [3.63, 3.8) is 0 Å². The number of carbonyl (C=O) groups excluding carboxylic acids is 1. The Kier molecular flexibility index (Phi) is 4.94. The van der Waals surface area contributed by atoms with E-state index in [4.69, 9.17) is 0 Å². The fraction of sp³-hybridized carbons (Fsp3) is 0.286. The van der Waals surface area contributed by atoms with Crippen LogP contribution in [0.3, 0.4) is 0 Å². The summed E-state index contributed by atoms with van der Waals surface area (Å²) in [6.07, 6.45) is 1.67. The van der Waals surface area contributed by atoms with E-state index in [0.29, 0.717) is 16.3 Å². The largest absolute Gasteiger partial charge is 0.298 e. The Morgan fingerprint density at radius 1 is 1.32 bits per heavy atom. The molecular formula is C14H17N3O3S2. The van der Waals surface area contributed by atoms with Crippen LogP contribution < -0.4 is 10.0 Å². The van der Waals surface area contributed by atoms with Crippen molar-refractivity contribution in [3.05, 3.63) is 40.4 Å². The number of hydrogen-bond donors (Lipinski definition) is 2. The first-order valence-corrected chi connectivity index (χ1v) is 8.97. The summed E-state index contributed by atoms with van der Waals surface area (Å²) in [6.45, 7) is 5.63. The first-order valence-electron chi connectivity index (χ1n) is 6.67. The molecule has 2 rings (SSSR count). The van der Waals surface area contributed by atoms with Crippen LogP contribution in [0.1, 0.15) is 27.7 Å². The van der Waals surface area contributed by atoms with Crippen molar-refractivity contribution >= 4 is 32.4 Å². The van der Waals surface area contributed by atoms with Gasteiger partial charge in [0, 0.05) is 23.2 Å². The van der Waals surface area contributed by atoms with Gasteiger partial charge in [0.25, 0.3) is 5.91 Å². The Hall–Kier alpha value is -1.77. The van der Waals surface area contributed by atoms with Crippen LogP contribution in [0.15, 0.2) is 29.3 Å². The zero-order valence-electron chi connectivity index (χ0n) is 12.5. The van der Waals surface area contributed by atoms with Gasteiger partial charge in [-0.25, -0.2) is 18.1 Å². The number of hydrogen-bond acceptors (Lipinski definition) is 5. The third-order valence-corrected chi connectivity index (χ3v) is 5.31. The van der Waals surface area contributed by atoms with E-state index in [1.807, 2.05) is 6.92 Å². The highest BCUT2D eigenvalue weighted by atomic mass is 32.2. The van der Waals surface area contributed by atoms with Crippen LogP contribution in [0.25, 0.3) is 0 Å². The Bertz CT molecular complexity index is 797. The van der Waals surface area contributed by atoms with Gasteiger partial charge in [0.2, 0.25) is 10.0 Å². The molecule has 118 valence electrons. The fourth-order valence-electron chi connectivity index (χ4n) is 1.86. The lowest BCUT2D eigenvalue weighted by atomic mass is 10.1. The first kappa shape index (κ1) is 16.6. The van der Waals surface area contributed by atoms with Crippen molar-refractivity contribution < 1.29 is 13.2 Å². The summed E-state index contributed by atoms with van der Waals surface area (Å²) in [7, 11) is -3.59. The minimum Gasteiger partial charge on any atom is -0.298 e. The van der Waals surface area contributed by atoms with Crippen LogP contribution in [0.5, 0.6) is 0 Å². The quantitative estimate of drug-likeness (QED) is 0.875. The molecule has 0 aliphatic heterocycles. The van der Waals surface area contributed by atoms with Crippen LogP contribution in [-0.4, -0.2) is 25.9 Å². The smallest absolute Gasteiger partial charge is 0.257 e. The van der Waals surface area contributed by atoms with Gasteiger partial charge in [0.05, 0.1) is 4.90 Å². The highest BCUT2D eigenvalue weighted by Crippen LogP contribution is 2.20. The normalized spacial score (nSPS) is 11.4. The van der Waals surface area contributed by atoms with E-state index in [1.54, 1.807) is 26.1 Å². The molecule has 22 heavy (non-hydrogen) atoms. The summed E-state index contributed by atoms with van der Waals surface area (Å²) in [6, 6.07) is 4.48. The zero-order chi connectivity index (χ0) is 16.3. The number of carbonyl (C=O) groups is 1. The molecule has 0 radical (unpaired) electrons. The molecule has 0 atom stereocenters. The molecule has 0 aliphatic carbocycles. The Morgan fingerprint density at radius 3 is 2.64 bits per heavy atom. The number of amides is 1. The second-order valence-electron chi connectivity index (χ2n) is 4.71. The van der Waals surface area contributed by atoms with Gasteiger partial charge in [-0.3, -0.25) is 10.1 Å². The number of anilines is 1. The van der Waals surface area contributed by atoms with Gasteiger partial charge in [0.1, 0.15) is 0 Å². The molecule has 0 bridgehead atoms. The molecule has 0 fully saturated rings. The maximum Gasteiger partial charge on any atom is 0.257 e. The molecule has 2 aromatic rings. The number of nitrogens with zero attached hydrogens (tertiary/aromatic N) is 1. The van der Waals surface area contributed by atoms with Crippen molar-refractivity contribution in [1.29, 1.82) is 0 Å². The highest BCUT2D eigenvalue weighted by Gasteiger charge is 2.17. The standard InChI is InChI=1S/C14H17N3O3S2/c1-4-16-22(19,20)11-6-5-9(2)12(7-11)13(18)17-14-15-8-10(3)21-14/h5-8,16H,4H2,1-3H3,(H,15,17,18). The molecule has 8 heteroatoms. The minimum atomic E-state index is -3.59. The van der Waals surface area contributed by atoms with Crippen LogP contribution in [-0.2, 0) is 10.0 Å². The Morgan fingerprint density at radius 2 is 2.05 bits per heavy atom. The topological polar surface area (TPSA) is 88.2 Å². The number of aryl methyl sites for hydroxylation is 2. The molecule has 1 heterocycles. The van der Waals surface area contributed by atoms with Gasteiger partial charge >= 0.3 is 0 Å². The number of aromatic nitrogens is 1. The second kappa shape index (κ2) is 6.55. The van der Waals surface area contributed by atoms with Crippen molar-refractivity contribution in [2.24, 2.45) is 0 Å². The van der Waals surface area contributed by atoms with E-state index in [1.165, 1.54) is 23.5 Å². The van der Waals surface area contributed by atoms with Gasteiger partial charge in [0.15, 0.2) is 5.13 Å². The fourth-order valence-corrected chi connectivity index (χ4v) is 3.59. The maximum absolute atomic E-state index is 12.3. The summed E-state index contributed by atoms with van der Waals surface area (Å²) in [5.41, 5.74) is 1.01. The van der Waals surface area contributed by atoms with E-state index in [-0.39, 0.29) is 17.3 Å². The Labute approximate surface area is 133 Å². The van der Waals surface area contributed by atoms with Crippen molar-refractivity contribution in [3.8, 4) is 0 Å². The summed E-state index contributed by atoms with van der Waals surface area (Å²) in [5, 5.41) is 3.17. The lowest BCUT2D eigenvalue weighted by Crippen LogP contribution is -2.24. The van der Waals surface area contributed by atoms with Crippen molar-refractivity contribution in [2.45, 2.75) is 25.7 Å². The molecule has 0 saturated carbocycles. The van der Waals surface area contributed by atoms with Gasteiger partial charge in [-0.2, -0.15) is 0 Å². The third kappa shape index (κ3) is 3.70. The van der Waals surface area contributed by atoms with Gasteiger partial charge in [-0.15, -0.1) is 11.3 Å². The highest BCUT2D eigenvalue weighted by molar-refractivity contribution is 7.89. The molecule has 0 saturated heterocycles.